The molecule has 5 heterocycles. The summed E-state index contributed by atoms with van der Waals surface area (Å²) in [7, 11) is 0. The van der Waals surface area contributed by atoms with Gasteiger partial charge in [0.25, 0.3) is 0 Å². The van der Waals surface area contributed by atoms with E-state index < -0.39 is 0 Å². The summed E-state index contributed by atoms with van der Waals surface area (Å²) < 4.78 is 4.31. The maximum atomic E-state index is 4.63. The van der Waals surface area contributed by atoms with Gasteiger partial charge in [0.15, 0.2) is 0 Å². The summed E-state index contributed by atoms with van der Waals surface area (Å²) in [6.45, 7) is 0. The molecule has 128 valence electrons. The number of H-pyrrole nitrogens is 2. The summed E-state index contributed by atoms with van der Waals surface area (Å²) in [6.07, 6.45) is 8.09. The Kier molecular flexibility index (Phi) is 4.54. The minimum atomic E-state index is 0.939. The fraction of sp³-hybridized carbons (Fsp3) is 0. The molecule has 0 aromatic carbocycles. The van der Waals surface area contributed by atoms with Gasteiger partial charge in [-0.3, -0.25) is 0 Å². The van der Waals surface area contributed by atoms with Gasteiger partial charge in [0.1, 0.15) is 0 Å². The molecule has 6 heteroatoms. The van der Waals surface area contributed by atoms with Crippen LogP contribution in [0.5, 0.6) is 0 Å². The van der Waals surface area contributed by atoms with E-state index >= 15 is 0 Å². The molecule has 26 heavy (non-hydrogen) atoms. The third-order valence-electron chi connectivity index (χ3n) is 4.04. The molecule has 5 rings (SSSR count). The van der Waals surface area contributed by atoms with Crippen molar-refractivity contribution >= 4 is 46.4 Å². The third-order valence-corrected chi connectivity index (χ3v) is 4.04. The molecule has 0 aliphatic carbocycles. The van der Waals surface area contributed by atoms with Crippen LogP contribution in [0.15, 0.2) is 48.5 Å². The first kappa shape index (κ1) is 16.5. The van der Waals surface area contributed by atoms with E-state index in [1.165, 1.54) is 0 Å². The number of nitrogens with one attached hydrogen (secondary N) is 2. The predicted molar refractivity (Wildman–Crippen MR) is 103 cm³/mol. The molecule has 4 N–H and O–H groups in total. The molecule has 0 amide bonds. The molecule has 3 aromatic heterocycles. The van der Waals surface area contributed by atoms with Crippen LogP contribution in [-0.2, 0) is 16.2 Å². The van der Waals surface area contributed by atoms with Gasteiger partial charge in [-0.1, -0.05) is 0 Å². The zero-order chi connectivity index (χ0) is 17.9. The fourth-order valence-corrected chi connectivity index (χ4v) is 2.94. The summed E-state index contributed by atoms with van der Waals surface area (Å²) in [4.78, 5) is 16.0. The van der Waals surface area contributed by atoms with Crippen molar-refractivity contribution in [2.45, 2.75) is 0 Å². The van der Waals surface area contributed by atoms with Gasteiger partial charge in [-0.15, -0.1) is 0 Å². The number of nitrogens with zero attached hydrogens (tertiary/aromatic N) is 2. The molecule has 0 spiro atoms. The summed E-state index contributed by atoms with van der Waals surface area (Å²) in [5.74, 6) is 0. The first-order valence-corrected chi connectivity index (χ1v) is 8.75. The Balaban J connectivity index is 0.000000814. The van der Waals surface area contributed by atoms with Crippen LogP contribution in [-0.4, -0.2) is 19.9 Å². The second kappa shape index (κ2) is 7.14. The molecule has 0 unspecified atom stereocenters. The van der Waals surface area contributed by atoms with Crippen molar-refractivity contribution in [3.05, 3.63) is 71.3 Å². The van der Waals surface area contributed by atoms with Gasteiger partial charge in [-0.2, -0.15) is 0 Å². The van der Waals surface area contributed by atoms with E-state index in [1.54, 1.807) is 0 Å². The Bertz CT molecular complexity index is 993. The predicted octanol–water partition coefficient (Wildman–Crippen LogP) is 4.06. The molecule has 0 fully saturated rings. The molecule has 2 aliphatic rings. The molecule has 2 aliphatic heterocycles. The number of aromatic nitrogens is 4. The van der Waals surface area contributed by atoms with Gasteiger partial charge in [0.05, 0.1) is 22.8 Å². The average molecular weight is 381 g/mol. The third kappa shape index (κ3) is 3.53. The monoisotopic (exact) mass is 381 g/mol. The SMILES string of the molecule is C1=Cc2cc3ccc(cc4nc(cc5ccc(cc1n2)[nH]5)C=C4)[nH]3.[NH2][Mn]. The van der Waals surface area contributed by atoms with Crippen molar-refractivity contribution in [3.8, 4) is 0 Å². The van der Waals surface area contributed by atoms with Crippen LogP contribution in [0.1, 0.15) is 22.8 Å². The molecular formula is C20H16MnN5. The Morgan fingerprint density at radius 1 is 0.538 bits per heavy atom. The Labute approximate surface area is 158 Å². The number of fused-ring (bicyclic) bond motifs is 8. The minimum absolute atomic E-state index is 0.939. The average Bonchev–Trinajstić information content (AvgIpc) is 3.42. The van der Waals surface area contributed by atoms with Crippen molar-refractivity contribution in [2.24, 2.45) is 4.75 Å². The summed E-state index contributed by atoms with van der Waals surface area (Å²) in [5, 5.41) is 0. The summed E-state index contributed by atoms with van der Waals surface area (Å²) >= 11 is 2.44. The molecule has 5 nitrogen and oxygen atoms in total. The van der Waals surface area contributed by atoms with Gasteiger partial charge in [0, 0.05) is 22.1 Å². The number of nitrogens with two attached hydrogens (primary N) is 1. The second-order valence-electron chi connectivity index (χ2n) is 5.91. The standard InChI is InChI=1S/C20H14N4.Mn.H2N/c1-2-14-10-16-5-6-18(23-16)12-20-8-7-19(24-20)11-17-4-3-15(22-17)9-13(1)21-14;;/h1-12,21,24H;;1H2/q;+1;-1. The van der Waals surface area contributed by atoms with Crippen LogP contribution in [0.2, 0.25) is 0 Å². The van der Waals surface area contributed by atoms with E-state index in [-0.39, 0.29) is 0 Å². The van der Waals surface area contributed by atoms with Crippen LogP contribution in [0.25, 0.3) is 46.4 Å². The first-order valence-electron chi connectivity index (χ1n) is 8.06. The normalized spacial score (nSPS) is 11.9. The van der Waals surface area contributed by atoms with Crippen LogP contribution in [0, 0.1) is 0 Å². The van der Waals surface area contributed by atoms with Gasteiger partial charge in [0.2, 0.25) is 0 Å². The van der Waals surface area contributed by atoms with Crippen LogP contribution < -0.4 is 4.75 Å². The number of aromatic amines is 2. The molecule has 0 atom stereocenters. The first-order chi connectivity index (χ1) is 12.8. The van der Waals surface area contributed by atoms with Gasteiger partial charge in [-0.25, -0.2) is 9.97 Å². The Morgan fingerprint density at radius 3 is 1.08 bits per heavy atom. The van der Waals surface area contributed by atoms with Crippen LogP contribution >= 0.6 is 0 Å². The van der Waals surface area contributed by atoms with Gasteiger partial charge in [-0.05, 0) is 72.8 Å². The van der Waals surface area contributed by atoms with E-state index in [4.69, 9.17) is 0 Å². The number of rotatable bonds is 0. The van der Waals surface area contributed by atoms with Crippen molar-refractivity contribution in [3.63, 3.8) is 0 Å². The van der Waals surface area contributed by atoms with Crippen molar-refractivity contribution < 1.29 is 16.2 Å². The van der Waals surface area contributed by atoms with E-state index in [0.29, 0.717) is 0 Å². The second-order valence-corrected chi connectivity index (χ2v) is 5.91. The summed E-state index contributed by atoms with van der Waals surface area (Å²) in [6, 6.07) is 16.4. The topological polar surface area (TPSA) is 83.4 Å². The zero-order valence-corrected chi connectivity index (χ0v) is 15.0. The molecule has 8 bridgehead atoms. The fourth-order valence-electron chi connectivity index (χ4n) is 2.94. The Hall–Kier alpha value is -2.92. The van der Waals surface area contributed by atoms with Crippen molar-refractivity contribution in [2.75, 3.05) is 0 Å². The maximum absolute atomic E-state index is 4.63. The van der Waals surface area contributed by atoms with Crippen LogP contribution in [0.3, 0.4) is 0 Å². The summed E-state index contributed by atoms with van der Waals surface area (Å²) in [5.41, 5.74) is 7.86. The van der Waals surface area contributed by atoms with Crippen molar-refractivity contribution in [1.82, 2.24) is 19.9 Å². The van der Waals surface area contributed by atoms with Crippen molar-refractivity contribution in [1.29, 1.82) is 0 Å². The molecule has 3 aromatic rings. The van der Waals surface area contributed by atoms with Gasteiger partial charge >= 0.3 is 21.0 Å². The molecule has 0 radical (unpaired) electrons. The van der Waals surface area contributed by atoms with Crippen LogP contribution in [0.4, 0.5) is 0 Å². The zero-order valence-electron chi connectivity index (χ0n) is 13.8. The van der Waals surface area contributed by atoms with Gasteiger partial charge < -0.3 is 9.97 Å². The van der Waals surface area contributed by atoms with E-state index in [1.807, 2.05) is 48.6 Å². The van der Waals surface area contributed by atoms with E-state index in [9.17, 15) is 0 Å². The molecular weight excluding hydrogens is 365 g/mol. The Morgan fingerprint density at radius 2 is 0.808 bits per heavy atom. The molecule has 0 saturated heterocycles. The number of hydrogen-bond acceptors (Lipinski definition) is 3. The van der Waals surface area contributed by atoms with E-state index in [0.717, 1.165) is 44.8 Å². The quantitative estimate of drug-likeness (QED) is 0.354. The molecule has 0 saturated carbocycles. The van der Waals surface area contributed by atoms with E-state index in [2.05, 4.69) is 65.2 Å². The number of hydrogen-bond donors (Lipinski definition) is 3.